The average molecular weight is 420 g/mol. The Morgan fingerprint density at radius 2 is 1.97 bits per heavy atom. The Bertz CT molecular complexity index is 935. The van der Waals surface area contributed by atoms with Crippen molar-refractivity contribution in [1.82, 2.24) is 14.9 Å². The molecule has 0 saturated carbocycles. The van der Waals surface area contributed by atoms with E-state index in [2.05, 4.69) is 20.2 Å². The third kappa shape index (κ3) is 4.07. The van der Waals surface area contributed by atoms with Crippen LogP contribution in [-0.2, 0) is 4.74 Å². The molecule has 0 aliphatic carbocycles. The molecule has 1 aromatic carbocycles. The average Bonchev–Trinajstić information content (AvgIpc) is 2.54. The highest BCUT2D eigenvalue weighted by molar-refractivity contribution is 6.33. The molecule has 1 spiro atoms. The van der Waals surface area contributed by atoms with Gasteiger partial charge in [-0.3, -0.25) is 0 Å². The summed E-state index contributed by atoms with van der Waals surface area (Å²) >= 11 is 6.12. The number of nitrogens with one attached hydrogen (secondary N) is 1. The molecule has 4 rings (SSSR count). The third-order valence-electron chi connectivity index (χ3n) is 4.95. The lowest BCUT2D eigenvalue weighted by atomic mass is 9.73. The van der Waals surface area contributed by atoms with Crippen LogP contribution in [0.25, 0.3) is 0 Å². The Balaban J connectivity index is 1.39. The lowest BCUT2D eigenvalue weighted by molar-refractivity contribution is -0.0454. The van der Waals surface area contributed by atoms with Crippen molar-refractivity contribution in [3.63, 3.8) is 0 Å². The van der Waals surface area contributed by atoms with Crippen LogP contribution in [0.1, 0.15) is 20.8 Å². The molecule has 2 aromatic rings. The monoisotopic (exact) mass is 419 g/mol. The molecule has 0 bridgehead atoms. The van der Waals surface area contributed by atoms with Gasteiger partial charge in [0.2, 0.25) is 0 Å². The number of likely N-dealkylation sites (tertiary alicyclic amines) is 1. The zero-order valence-corrected chi connectivity index (χ0v) is 17.3. The fourth-order valence-corrected chi connectivity index (χ4v) is 3.95. The molecule has 3 heterocycles. The first kappa shape index (κ1) is 19.7. The standard InChI is InChI=1S/C20H23ClFN5O2/c1-19(2,3)29-18(28)27-10-20(11-27)8-26(9-20)17-16(7-23-12-24-17)25-15-5-4-13(22)6-14(15)21/h4-7,12,25H,8-11H2,1-3H3. The van der Waals surface area contributed by atoms with E-state index in [0.717, 1.165) is 18.9 Å². The highest BCUT2D eigenvalue weighted by Gasteiger charge is 2.54. The van der Waals surface area contributed by atoms with Crippen molar-refractivity contribution in [2.24, 2.45) is 5.41 Å². The number of rotatable bonds is 3. The van der Waals surface area contributed by atoms with Crippen LogP contribution in [0.2, 0.25) is 5.02 Å². The summed E-state index contributed by atoms with van der Waals surface area (Å²) in [6.07, 6.45) is 2.89. The molecule has 0 unspecified atom stereocenters. The fourth-order valence-electron chi connectivity index (χ4n) is 3.73. The maximum Gasteiger partial charge on any atom is 0.410 e. The Morgan fingerprint density at radius 1 is 1.24 bits per heavy atom. The SMILES string of the molecule is CC(C)(C)OC(=O)N1CC2(C1)CN(c1ncncc1Nc1ccc(F)cc1Cl)C2. The van der Waals surface area contributed by atoms with Crippen LogP contribution < -0.4 is 10.2 Å². The molecule has 9 heteroatoms. The van der Waals surface area contributed by atoms with Crippen LogP contribution in [0.15, 0.2) is 30.7 Å². The van der Waals surface area contributed by atoms with Crippen molar-refractivity contribution in [3.8, 4) is 0 Å². The number of carbonyl (C=O) groups excluding carboxylic acids is 1. The van der Waals surface area contributed by atoms with Crippen molar-refractivity contribution >= 4 is 34.9 Å². The summed E-state index contributed by atoms with van der Waals surface area (Å²) in [6.45, 7) is 8.52. The van der Waals surface area contributed by atoms with Crippen molar-refractivity contribution < 1.29 is 13.9 Å². The minimum atomic E-state index is -0.491. The molecule has 2 saturated heterocycles. The first-order valence-electron chi connectivity index (χ1n) is 9.39. The van der Waals surface area contributed by atoms with E-state index in [-0.39, 0.29) is 16.5 Å². The zero-order valence-electron chi connectivity index (χ0n) is 16.6. The van der Waals surface area contributed by atoms with Gasteiger partial charge in [0, 0.05) is 31.6 Å². The van der Waals surface area contributed by atoms with E-state index in [9.17, 15) is 9.18 Å². The van der Waals surface area contributed by atoms with E-state index in [0.29, 0.717) is 24.5 Å². The van der Waals surface area contributed by atoms with E-state index < -0.39 is 11.4 Å². The van der Waals surface area contributed by atoms with Gasteiger partial charge in [0.15, 0.2) is 5.82 Å². The zero-order chi connectivity index (χ0) is 20.8. The maximum atomic E-state index is 13.3. The van der Waals surface area contributed by atoms with Gasteiger partial charge in [-0.25, -0.2) is 19.2 Å². The van der Waals surface area contributed by atoms with Crippen LogP contribution in [0.5, 0.6) is 0 Å². The largest absolute Gasteiger partial charge is 0.444 e. The van der Waals surface area contributed by atoms with Crippen molar-refractivity contribution in [1.29, 1.82) is 0 Å². The molecule has 7 nitrogen and oxygen atoms in total. The molecule has 2 aliphatic heterocycles. The number of amides is 1. The molecule has 1 N–H and O–H groups in total. The number of hydrogen-bond acceptors (Lipinski definition) is 6. The molecular formula is C20H23ClFN5O2. The summed E-state index contributed by atoms with van der Waals surface area (Å²) in [5.74, 6) is 0.357. The summed E-state index contributed by atoms with van der Waals surface area (Å²) in [7, 11) is 0. The molecule has 2 aliphatic rings. The summed E-state index contributed by atoms with van der Waals surface area (Å²) < 4.78 is 18.7. The van der Waals surface area contributed by atoms with Crippen LogP contribution >= 0.6 is 11.6 Å². The Hall–Kier alpha value is -2.61. The predicted octanol–water partition coefficient (Wildman–Crippen LogP) is 4.07. The van der Waals surface area contributed by atoms with Crippen molar-refractivity contribution in [2.45, 2.75) is 26.4 Å². The first-order valence-corrected chi connectivity index (χ1v) is 9.77. The van der Waals surface area contributed by atoms with E-state index in [1.165, 1.54) is 18.5 Å². The molecule has 1 aromatic heterocycles. The Kier molecular flexibility index (Phi) is 4.77. The normalized spacial score (nSPS) is 17.6. The molecule has 29 heavy (non-hydrogen) atoms. The number of aromatic nitrogens is 2. The van der Waals surface area contributed by atoms with Gasteiger partial charge in [-0.05, 0) is 39.0 Å². The molecule has 2 fully saturated rings. The van der Waals surface area contributed by atoms with Gasteiger partial charge in [0.05, 0.1) is 16.9 Å². The van der Waals surface area contributed by atoms with Gasteiger partial charge in [-0.1, -0.05) is 11.6 Å². The highest BCUT2D eigenvalue weighted by Crippen LogP contribution is 2.43. The quantitative estimate of drug-likeness (QED) is 0.808. The smallest absolute Gasteiger partial charge is 0.410 e. The molecular weight excluding hydrogens is 397 g/mol. The number of carbonyl (C=O) groups is 1. The van der Waals surface area contributed by atoms with Gasteiger partial charge in [-0.2, -0.15) is 0 Å². The minimum Gasteiger partial charge on any atom is -0.444 e. The maximum absolute atomic E-state index is 13.3. The molecule has 0 atom stereocenters. The van der Waals surface area contributed by atoms with E-state index in [1.807, 2.05) is 20.8 Å². The van der Waals surface area contributed by atoms with Crippen LogP contribution in [-0.4, -0.2) is 52.7 Å². The molecule has 1 amide bonds. The summed E-state index contributed by atoms with van der Waals surface area (Å²) in [5, 5.41) is 3.47. The van der Waals surface area contributed by atoms with E-state index in [1.54, 1.807) is 17.2 Å². The second-order valence-corrected chi connectivity index (χ2v) is 9.11. The summed E-state index contributed by atoms with van der Waals surface area (Å²) in [4.78, 5) is 24.5. The minimum absolute atomic E-state index is 0.0760. The number of halogens is 2. The topological polar surface area (TPSA) is 70.6 Å². The predicted molar refractivity (Wildman–Crippen MR) is 109 cm³/mol. The van der Waals surface area contributed by atoms with Gasteiger partial charge >= 0.3 is 6.09 Å². The van der Waals surface area contributed by atoms with Crippen molar-refractivity contribution in [2.75, 3.05) is 36.4 Å². The van der Waals surface area contributed by atoms with Gasteiger partial charge < -0.3 is 19.9 Å². The summed E-state index contributed by atoms with van der Waals surface area (Å²) in [5.41, 5.74) is 0.861. The first-order chi connectivity index (χ1) is 13.6. The van der Waals surface area contributed by atoms with Crippen LogP contribution in [0, 0.1) is 11.2 Å². The highest BCUT2D eigenvalue weighted by atomic mass is 35.5. The number of nitrogens with zero attached hydrogens (tertiary/aromatic N) is 4. The molecule has 154 valence electrons. The summed E-state index contributed by atoms with van der Waals surface area (Å²) in [6, 6.07) is 4.18. The van der Waals surface area contributed by atoms with Crippen LogP contribution in [0.4, 0.5) is 26.4 Å². The van der Waals surface area contributed by atoms with Gasteiger partial charge in [-0.15, -0.1) is 0 Å². The number of anilines is 3. The van der Waals surface area contributed by atoms with Crippen molar-refractivity contribution in [3.05, 3.63) is 41.6 Å². The Labute approximate surface area is 173 Å². The fraction of sp³-hybridized carbons (Fsp3) is 0.450. The number of benzene rings is 1. The van der Waals surface area contributed by atoms with Gasteiger partial charge in [0.1, 0.15) is 23.4 Å². The number of hydrogen-bond donors (Lipinski definition) is 1. The van der Waals surface area contributed by atoms with Crippen LogP contribution in [0.3, 0.4) is 0 Å². The van der Waals surface area contributed by atoms with E-state index in [4.69, 9.17) is 16.3 Å². The van der Waals surface area contributed by atoms with E-state index >= 15 is 0 Å². The lowest BCUT2D eigenvalue weighted by Crippen LogP contribution is -2.73. The third-order valence-corrected chi connectivity index (χ3v) is 5.26. The van der Waals surface area contributed by atoms with Gasteiger partial charge in [0.25, 0.3) is 0 Å². The second-order valence-electron chi connectivity index (χ2n) is 8.70. The number of ether oxygens (including phenoxy) is 1. The Morgan fingerprint density at radius 3 is 2.62 bits per heavy atom. The molecule has 0 radical (unpaired) electrons. The lowest BCUT2D eigenvalue weighted by Gasteiger charge is -2.60. The second kappa shape index (κ2) is 7.02.